The Morgan fingerprint density at radius 2 is 1.44 bits per heavy atom. The minimum absolute atomic E-state index is 0.157. The zero-order valence-electron chi connectivity index (χ0n) is 26.4. The van der Waals surface area contributed by atoms with Crippen molar-refractivity contribution in [3.63, 3.8) is 0 Å². The SMILES string of the molecule is COC(=O)N[C@H](C(=O)NN(CC1CCCCC1)C(N)[C@H](O)[C@H](Cc1ccccc1)C(=O)[C@@H](NC(=O)OC)C(C)C)C(C)C. The van der Waals surface area contributed by atoms with E-state index in [1.807, 2.05) is 30.3 Å². The minimum Gasteiger partial charge on any atom is -0.453 e. The number of Topliss-reactive ketones (excluding diaryl/α,β-unsaturated/α-hetero) is 1. The van der Waals surface area contributed by atoms with Crippen molar-refractivity contribution >= 4 is 23.9 Å². The summed E-state index contributed by atoms with van der Waals surface area (Å²) in [6.45, 7) is 7.51. The topological polar surface area (TPSA) is 172 Å². The molecule has 1 saturated carbocycles. The van der Waals surface area contributed by atoms with Gasteiger partial charge in [-0.15, -0.1) is 0 Å². The van der Waals surface area contributed by atoms with Gasteiger partial charge in [-0.2, -0.15) is 0 Å². The van der Waals surface area contributed by atoms with Gasteiger partial charge in [0.2, 0.25) is 0 Å². The number of nitrogens with two attached hydrogens (primary N) is 1. The van der Waals surface area contributed by atoms with Crippen molar-refractivity contribution in [3.05, 3.63) is 35.9 Å². The van der Waals surface area contributed by atoms with Crippen LogP contribution >= 0.6 is 0 Å². The molecule has 1 fully saturated rings. The van der Waals surface area contributed by atoms with Crippen molar-refractivity contribution in [2.45, 2.75) is 90.6 Å². The first kappa shape index (κ1) is 36.0. The van der Waals surface area contributed by atoms with Crippen LogP contribution in [0.15, 0.2) is 30.3 Å². The molecule has 0 heterocycles. The number of hydrazine groups is 1. The third-order valence-electron chi connectivity index (χ3n) is 8.06. The zero-order valence-corrected chi connectivity index (χ0v) is 26.4. The molecule has 1 unspecified atom stereocenters. The van der Waals surface area contributed by atoms with E-state index in [0.29, 0.717) is 6.54 Å². The molecule has 2 rings (SSSR count). The summed E-state index contributed by atoms with van der Waals surface area (Å²) in [4.78, 5) is 51.6. The molecule has 5 atom stereocenters. The van der Waals surface area contributed by atoms with Gasteiger partial charge in [0.1, 0.15) is 12.2 Å². The highest BCUT2D eigenvalue weighted by Crippen LogP contribution is 2.26. The summed E-state index contributed by atoms with van der Waals surface area (Å²) < 4.78 is 9.45. The molecule has 1 aliphatic rings. The van der Waals surface area contributed by atoms with Crippen molar-refractivity contribution in [1.82, 2.24) is 21.1 Å². The zero-order chi connectivity index (χ0) is 32.1. The van der Waals surface area contributed by atoms with Crippen LogP contribution in [0.3, 0.4) is 0 Å². The van der Waals surface area contributed by atoms with Crippen molar-refractivity contribution in [2.75, 3.05) is 20.8 Å². The van der Waals surface area contributed by atoms with Gasteiger partial charge in [0.05, 0.1) is 32.3 Å². The third-order valence-corrected chi connectivity index (χ3v) is 8.06. The number of benzene rings is 1. The molecule has 0 saturated heterocycles. The van der Waals surface area contributed by atoms with Crippen molar-refractivity contribution < 1.29 is 33.8 Å². The molecule has 242 valence electrons. The lowest BCUT2D eigenvalue weighted by Gasteiger charge is -2.39. The van der Waals surface area contributed by atoms with Crippen molar-refractivity contribution in [2.24, 2.45) is 29.4 Å². The van der Waals surface area contributed by atoms with E-state index in [-0.39, 0.29) is 24.2 Å². The quantitative estimate of drug-likeness (QED) is 0.149. The van der Waals surface area contributed by atoms with Gasteiger partial charge in [0.15, 0.2) is 5.78 Å². The Hall–Kier alpha value is -3.22. The highest BCUT2D eigenvalue weighted by Gasteiger charge is 2.40. The van der Waals surface area contributed by atoms with Gasteiger partial charge in [-0.1, -0.05) is 77.3 Å². The highest BCUT2D eigenvalue weighted by atomic mass is 16.5. The van der Waals surface area contributed by atoms with Crippen LogP contribution in [0.5, 0.6) is 0 Å². The molecule has 0 radical (unpaired) electrons. The molecule has 0 spiro atoms. The molecule has 0 aliphatic heterocycles. The maximum atomic E-state index is 14.0. The van der Waals surface area contributed by atoms with Gasteiger partial charge in [-0.3, -0.25) is 15.0 Å². The van der Waals surface area contributed by atoms with E-state index < -0.39 is 54.1 Å². The van der Waals surface area contributed by atoms with E-state index in [1.54, 1.807) is 27.7 Å². The second-order valence-electron chi connectivity index (χ2n) is 12.0. The van der Waals surface area contributed by atoms with Gasteiger partial charge in [0, 0.05) is 6.54 Å². The third kappa shape index (κ3) is 11.1. The molecule has 6 N–H and O–H groups in total. The van der Waals surface area contributed by atoms with Crippen molar-refractivity contribution in [3.8, 4) is 0 Å². The second-order valence-corrected chi connectivity index (χ2v) is 12.0. The summed E-state index contributed by atoms with van der Waals surface area (Å²) in [5.74, 6) is -2.31. The molecule has 43 heavy (non-hydrogen) atoms. The number of hydrogen-bond acceptors (Lipinski definition) is 9. The maximum Gasteiger partial charge on any atom is 0.407 e. The first-order chi connectivity index (χ1) is 20.4. The maximum absolute atomic E-state index is 14.0. The van der Waals surface area contributed by atoms with Crippen LogP contribution in [0.4, 0.5) is 9.59 Å². The molecular formula is C31H51N5O7. The average molecular weight is 606 g/mol. The number of hydrogen-bond donors (Lipinski definition) is 5. The number of amides is 3. The van der Waals surface area contributed by atoms with Crippen LogP contribution in [-0.4, -0.2) is 79.1 Å². The van der Waals surface area contributed by atoms with E-state index in [2.05, 4.69) is 16.1 Å². The van der Waals surface area contributed by atoms with Crippen LogP contribution in [0.25, 0.3) is 0 Å². The molecule has 0 bridgehead atoms. The molecule has 1 aromatic rings. The normalized spacial score (nSPS) is 17.5. The molecule has 0 aromatic heterocycles. The lowest BCUT2D eigenvalue weighted by molar-refractivity contribution is -0.136. The average Bonchev–Trinajstić information content (AvgIpc) is 3.00. The Bertz CT molecular complexity index is 1030. The number of aliphatic hydroxyl groups excluding tert-OH is 1. The van der Waals surface area contributed by atoms with E-state index in [0.717, 1.165) is 37.7 Å². The fourth-order valence-electron chi connectivity index (χ4n) is 5.48. The summed E-state index contributed by atoms with van der Waals surface area (Å²) in [6.07, 6.45) is 1.15. The van der Waals surface area contributed by atoms with E-state index in [4.69, 9.17) is 15.2 Å². The number of aliphatic hydroxyl groups is 1. The number of rotatable bonds is 15. The Kier molecular flexibility index (Phi) is 14.9. The highest BCUT2D eigenvalue weighted by molar-refractivity contribution is 5.90. The number of carbonyl (C=O) groups excluding carboxylic acids is 4. The fourth-order valence-corrected chi connectivity index (χ4v) is 5.48. The van der Waals surface area contributed by atoms with Gasteiger partial charge >= 0.3 is 12.2 Å². The number of alkyl carbamates (subject to hydrolysis) is 2. The van der Waals surface area contributed by atoms with Gasteiger partial charge in [0.25, 0.3) is 5.91 Å². The molecule has 12 nitrogen and oxygen atoms in total. The van der Waals surface area contributed by atoms with Crippen molar-refractivity contribution in [1.29, 1.82) is 0 Å². The molecular weight excluding hydrogens is 554 g/mol. The monoisotopic (exact) mass is 605 g/mol. The Balaban J connectivity index is 2.44. The number of ether oxygens (including phenoxy) is 2. The lowest BCUT2D eigenvalue weighted by atomic mass is 9.82. The number of nitrogens with zero attached hydrogens (tertiary/aromatic N) is 1. The standard InChI is InChI=1S/C31H51N5O7/c1-19(2)24(33-30(40)42-5)26(37)23(17-21-13-9-7-10-14-21)27(38)28(32)36(18-22-15-11-8-12-16-22)35-29(39)25(20(3)4)34-31(41)43-6/h7,9-10,13-14,19-20,22-25,27-28,38H,8,11-12,15-18,32H2,1-6H3,(H,33,40)(H,34,41)(H,35,39)/t23-,24+,25+,27-,28?/m1/s1. The summed E-state index contributed by atoms with van der Waals surface area (Å²) in [5, 5.41) is 18.5. The van der Waals surface area contributed by atoms with E-state index in [1.165, 1.54) is 19.2 Å². The Labute approximate surface area is 255 Å². The lowest BCUT2D eigenvalue weighted by Crippen LogP contribution is -2.64. The number of nitrogens with one attached hydrogen (secondary N) is 3. The number of carbonyl (C=O) groups is 4. The predicted octanol–water partition coefficient (Wildman–Crippen LogP) is 2.73. The summed E-state index contributed by atoms with van der Waals surface area (Å²) in [7, 11) is 2.43. The molecule has 3 amide bonds. The largest absolute Gasteiger partial charge is 0.453 e. The van der Waals surface area contributed by atoms with Gasteiger partial charge in [-0.05, 0) is 42.6 Å². The van der Waals surface area contributed by atoms with E-state index in [9.17, 15) is 24.3 Å². The minimum atomic E-state index is -1.43. The molecule has 1 aromatic carbocycles. The van der Waals surface area contributed by atoms with Crippen LogP contribution in [0.1, 0.15) is 65.4 Å². The summed E-state index contributed by atoms with van der Waals surface area (Å²) in [6, 6.07) is 7.36. The Morgan fingerprint density at radius 3 is 1.95 bits per heavy atom. The summed E-state index contributed by atoms with van der Waals surface area (Å²) >= 11 is 0. The predicted molar refractivity (Wildman–Crippen MR) is 162 cm³/mol. The molecule has 1 aliphatic carbocycles. The number of methoxy groups -OCH3 is 2. The molecule has 12 heteroatoms. The summed E-state index contributed by atoms with van der Waals surface area (Å²) in [5.41, 5.74) is 10.4. The number of ketones is 1. The van der Waals surface area contributed by atoms with Crippen LogP contribution in [0.2, 0.25) is 0 Å². The van der Waals surface area contributed by atoms with Gasteiger partial charge in [-0.25, -0.2) is 14.6 Å². The van der Waals surface area contributed by atoms with E-state index >= 15 is 0 Å². The first-order valence-corrected chi connectivity index (χ1v) is 15.2. The fraction of sp³-hybridized carbons (Fsp3) is 0.677. The van der Waals surface area contributed by atoms with Crippen LogP contribution in [-0.2, 0) is 25.5 Å². The van der Waals surface area contributed by atoms with Crippen LogP contribution < -0.4 is 21.8 Å². The van der Waals surface area contributed by atoms with Gasteiger partial charge < -0.3 is 30.9 Å². The van der Waals surface area contributed by atoms with Crippen LogP contribution in [0, 0.1) is 23.7 Å². The first-order valence-electron chi connectivity index (χ1n) is 15.2. The Morgan fingerprint density at radius 1 is 0.907 bits per heavy atom. The smallest absolute Gasteiger partial charge is 0.407 e. The second kappa shape index (κ2) is 17.8.